The summed E-state index contributed by atoms with van der Waals surface area (Å²) in [5, 5.41) is 4.11. The van der Waals surface area contributed by atoms with E-state index in [-0.39, 0.29) is 5.43 Å². The van der Waals surface area contributed by atoms with Crippen molar-refractivity contribution in [1.29, 1.82) is 0 Å². The zero-order valence-corrected chi connectivity index (χ0v) is 10.1. The second kappa shape index (κ2) is 3.36. The number of fused-ring (bicyclic) bond motifs is 1. The number of rotatable bonds is 1. The molecule has 0 bridgehead atoms. The van der Waals surface area contributed by atoms with Crippen molar-refractivity contribution >= 4 is 16.6 Å². The molecule has 92 valence electrons. The zero-order valence-electron chi connectivity index (χ0n) is 10.1. The Balaban J connectivity index is 1.70. The summed E-state index contributed by atoms with van der Waals surface area (Å²) >= 11 is 0. The Bertz CT molecular complexity index is 664. The van der Waals surface area contributed by atoms with Gasteiger partial charge in [0.1, 0.15) is 0 Å². The van der Waals surface area contributed by atoms with Crippen molar-refractivity contribution in [3.63, 3.8) is 0 Å². The van der Waals surface area contributed by atoms with E-state index in [1.54, 1.807) is 12.3 Å². The van der Waals surface area contributed by atoms with Crippen LogP contribution in [0, 0.1) is 5.41 Å². The highest BCUT2D eigenvalue weighted by Gasteiger charge is 2.47. The first kappa shape index (κ1) is 10.1. The summed E-state index contributed by atoms with van der Waals surface area (Å²) in [5.41, 5.74) is 2.67. The normalized spacial score (nSPS) is 20.8. The van der Waals surface area contributed by atoms with Crippen molar-refractivity contribution in [2.24, 2.45) is 5.41 Å². The second-order valence-corrected chi connectivity index (χ2v) is 5.53. The summed E-state index contributed by atoms with van der Waals surface area (Å²) in [6.07, 6.45) is 1.70. The van der Waals surface area contributed by atoms with Gasteiger partial charge >= 0.3 is 0 Å². The number of hydrogen-bond donors (Lipinski definition) is 2. The van der Waals surface area contributed by atoms with Crippen LogP contribution in [0.2, 0.25) is 0 Å². The predicted molar refractivity (Wildman–Crippen MR) is 72.1 cm³/mol. The van der Waals surface area contributed by atoms with Gasteiger partial charge in [0.25, 0.3) is 0 Å². The highest BCUT2D eigenvalue weighted by molar-refractivity contribution is 5.82. The lowest BCUT2D eigenvalue weighted by molar-refractivity contribution is 0.121. The molecule has 2 fully saturated rings. The summed E-state index contributed by atoms with van der Waals surface area (Å²) in [4.78, 5) is 17.3. The first-order chi connectivity index (χ1) is 8.76. The van der Waals surface area contributed by atoms with Crippen LogP contribution >= 0.6 is 0 Å². The Labute approximate surface area is 105 Å². The molecule has 0 atom stereocenters. The van der Waals surface area contributed by atoms with E-state index in [9.17, 15) is 4.79 Å². The Morgan fingerprint density at radius 3 is 2.72 bits per heavy atom. The Morgan fingerprint density at radius 1 is 1.17 bits per heavy atom. The van der Waals surface area contributed by atoms with Crippen LogP contribution in [-0.4, -0.2) is 31.2 Å². The van der Waals surface area contributed by atoms with E-state index in [2.05, 4.69) is 21.3 Å². The third-order valence-corrected chi connectivity index (χ3v) is 4.16. The molecule has 1 spiro atoms. The van der Waals surface area contributed by atoms with Crippen molar-refractivity contribution in [3.8, 4) is 0 Å². The van der Waals surface area contributed by atoms with E-state index < -0.39 is 0 Å². The molecule has 4 nitrogen and oxygen atoms in total. The fourth-order valence-electron chi connectivity index (χ4n) is 3.00. The summed E-state index contributed by atoms with van der Waals surface area (Å²) in [7, 11) is 0. The summed E-state index contributed by atoms with van der Waals surface area (Å²) < 4.78 is 0. The minimum Gasteiger partial charge on any atom is -0.370 e. The minimum absolute atomic E-state index is 0.0890. The van der Waals surface area contributed by atoms with Gasteiger partial charge in [-0.1, -0.05) is 0 Å². The van der Waals surface area contributed by atoms with Crippen molar-refractivity contribution < 1.29 is 0 Å². The van der Waals surface area contributed by atoms with E-state index in [0.29, 0.717) is 5.41 Å². The van der Waals surface area contributed by atoms with Crippen molar-refractivity contribution in [2.45, 2.75) is 0 Å². The van der Waals surface area contributed by atoms with Gasteiger partial charge in [0.2, 0.25) is 0 Å². The number of anilines is 1. The molecule has 2 N–H and O–H groups in total. The van der Waals surface area contributed by atoms with Gasteiger partial charge in [0.05, 0.1) is 0 Å². The third-order valence-electron chi connectivity index (χ3n) is 4.16. The maximum absolute atomic E-state index is 11.8. The van der Waals surface area contributed by atoms with E-state index in [4.69, 9.17) is 0 Å². The Morgan fingerprint density at radius 2 is 2.00 bits per heavy atom. The summed E-state index contributed by atoms with van der Waals surface area (Å²) in [6, 6.07) is 7.68. The number of pyridine rings is 1. The van der Waals surface area contributed by atoms with Crippen LogP contribution in [-0.2, 0) is 0 Å². The molecule has 0 saturated carbocycles. The predicted octanol–water partition coefficient (Wildman–Crippen LogP) is 0.938. The number of hydrogen-bond acceptors (Lipinski definition) is 3. The van der Waals surface area contributed by atoms with Crippen LogP contribution in [0.1, 0.15) is 0 Å². The van der Waals surface area contributed by atoms with E-state index in [0.717, 1.165) is 42.8 Å². The molecule has 1 aromatic carbocycles. The van der Waals surface area contributed by atoms with Crippen molar-refractivity contribution in [1.82, 2.24) is 10.3 Å². The first-order valence-electron chi connectivity index (χ1n) is 6.33. The molecule has 1 aromatic heterocycles. The number of nitrogens with one attached hydrogen (secondary N) is 2. The smallest absolute Gasteiger partial charge is 0.189 e. The zero-order chi connectivity index (χ0) is 12.2. The molecule has 0 radical (unpaired) electrons. The standard InChI is InChI=1S/C14H15N3O/c18-13-3-4-16-12-2-1-10(5-11(12)13)17-8-14(9-17)6-15-7-14/h1-5,15H,6-9H2,(H,16,18). The molecule has 2 aliphatic rings. The molecule has 0 unspecified atom stereocenters. The SMILES string of the molecule is O=c1cc[nH]c2ccc(N3CC4(CNC4)C3)cc12. The molecule has 2 saturated heterocycles. The average Bonchev–Trinajstić information content (AvgIpc) is 2.26. The highest BCUT2D eigenvalue weighted by Crippen LogP contribution is 2.37. The van der Waals surface area contributed by atoms with Gasteiger partial charge in [-0.3, -0.25) is 4.79 Å². The summed E-state index contributed by atoms with van der Waals surface area (Å²) in [5.74, 6) is 0. The quantitative estimate of drug-likeness (QED) is 0.781. The second-order valence-electron chi connectivity index (χ2n) is 5.53. The minimum atomic E-state index is 0.0890. The topological polar surface area (TPSA) is 48.1 Å². The fourth-order valence-corrected chi connectivity index (χ4v) is 3.00. The van der Waals surface area contributed by atoms with Gasteiger partial charge in [-0.15, -0.1) is 0 Å². The van der Waals surface area contributed by atoms with Gasteiger partial charge in [0.15, 0.2) is 5.43 Å². The molecule has 0 amide bonds. The third kappa shape index (κ3) is 1.32. The molecule has 2 aromatic rings. The average molecular weight is 241 g/mol. The lowest BCUT2D eigenvalue weighted by atomic mass is 9.74. The first-order valence-corrected chi connectivity index (χ1v) is 6.33. The van der Waals surface area contributed by atoms with Crippen LogP contribution in [0.25, 0.3) is 10.9 Å². The van der Waals surface area contributed by atoms with Gasteiger partial charge < -0.3 is 15.2 Å². The molecule has 4 heteroatoms. The molecule has 3 heterocycles. The van der Waals surface area contributed by atoms with Gasteiger partial charge in [-0.2, -0.15) is 0 Å². The lowest BCUT2D eigenvalue weighted by Gasteiger charge is -2.57. The van der Waals surface area contributed by atoms with Crippen molar-refractivity contribution in [2.75, 3.05) is 31.1 Å². The van der Waals surface area contributed by atoms with E-state index in [1.165, 1.54) is 0 Å². The van der Waals surface area contributed by atoms with Crippen LogP contribution in [0.15, 0.2) is 35.3 Å². The Hall–Kier alpha value is -1.81. The summed E-state index contributed by atoms with van der Waals surface area (Å²) in [6.45, 7) is 4.49. The maximum Gasteiger partial charge on any atom is 0.189 e. The molecule has 4 rings (SSSR count). The molecular weight excluding hydrogens is 226 g/mol. The molecule has 2 aliphatic heterocycles. The molecule has 18 heavy (non-hydrogen) atoms. The number of H-pyrrole nitrogens is 1. The van der Waals surface area contributed by atoms with Gasteiger partial charge in [0, 0.05) is 60.4 Å². The van der Waals surface area contributed by atoms with Crippen molar-refractivity contribution in [3.05, 3.63) is 40.7 Å². The van der Waals surface area contributed by atoms with Crippen LogP contribution in [0.3, 0.4) is 0 Å². The number of aromatic nitrogens is 1. The molecular formula is C14H15N3O. The Kier molecular flexibility index (Phi) is 1.89. The largest absolute Gasteiger partial charge is 0.370 e. The lowest BCUT2D eigenvalue weighted by Crippen LogP contribution is -2.71. The monoisotopic (exact) mass is 241 g/mol. The van der Waals surface area contributed by atoms with Gasteiger partial charge in [-0.05, 0) is 18.2 Å². The highest BCUT2D eigenvalue weighted by atomic mass is 16.1. The number of benzene rings is 1. The van der Waals surface area contributed by atoms with E-state index in [1.807, 2.05) is 12.1 Å². The van der Waals surface area contributed by atoms with Crippen LogP contribution < -0.4 is 15.6 Å². The fraction of sp³-hybridized carbons (Fsp3) is 0.357. The molecule has 0 aliphatic carbocycles. The van der Waals surface area contributed by atoms with Crippen LogP contribution in [0.4, 0.5) is 5.69 Å². The van der Waals surface area contributed by atoms with Gasteiger partial charge in [-0.25, -0.2) is 0 Å². The number of aromatic amines is 1. The van der Waals surface area contributed by atoms with Crippen LogP contribution in [0.5, 0.6) is 0 Å². The van der Waals surface area contributed by atoms with E-state index >= 15 is 0 Å². The number of nitrogens with zero attached hydrogens (tertiary/aromatic N) is 1. The maximum atomic E-state index is 11.8.